The lowest BCUT2D eigenvalue weighted by atomic mass is 9.83. The van der Waals surface area contributed by atoms with Gasteiger partial charge >= 0.3 is 0 Å². The zero-order valence-corrected chi connectivity index (χ0v) is 11.8. The first-order chi connectivity index (χ1) is 8.72. The first-order valence-corrected chi connectivity index (χ1v) is 7.40. The fourth-order valence-corrected chi connectivity index (χ4v) is 3.13. The van der Waals surface area contributed by atoms with Gasteiger partial charge in [-0.1, -0.05) is 43.9 Å². The van der Waals surface area contributed by atoms with E-state index in [1.165, 1.54) is 32.1 Å². The largest absolute Gasteiger partial charge is 0.396 e. The van der Waals surface area contributed by atoms with Gasteiger partial charge in [0.2, 0.25) is 0 Å². The molecule has 1 aromatic rings. The van der Waals surface area contributed by atoms with Crippen LogP contribution in [0.3, 0.4) is 0 Å². The molecule has 3 heteroatoms. The van der Waals surface area contributed by atoms with Crippen LogP contribution in [-0.4, -0.2) is 6.04 Å². The third-order valence-electron chi connectivity index (χ3n) is 4.05. The van der Waals surface area contributed by atoms with Gasteiger partial charge in [0.1, 0.15) is 0 Å². The van der Waals surface area contributed by atoms with Gasteiger partial charge < -0.3 is 11.1 Å². The normalized spacial score (nSPS) is 18.6. The van der Waals surface area contributed by atoms with Crippen molar-refractivity contribution in [2.24, 2.45) is 5.92 Å². The van der Waals surface area contributed by atoms with Gasteiger partial charge in [0.25, 0.3) is 0 Å². The predicted molar refractivity (Wildman–Crippen MR) is 80.1 cm³/mol. The Labute approximate surface area is 115 Å². The number of anilines is 2. The maximum atomic E-state index is 6.06. The molecule has 0 bridgehead atoms. The standard InChI is InChI=1S/C15H23ClN2/c1-2-13(11-7-4-3-5-8-11)18-14-10-6-9-12(16)15(14)17/h6,9-11,13,18H,2-5,7-8,17H2,1H3. The number of benzene rings is 1. The molecule has 100 valence electrons. The van der Waals surface area contributed by atoms with Crippen molar-refractivity contribution in [1.82, 2.24) is 0 Å². The molecule has 0 amide bonds. The molecule has 1 fully saturated rings. The number of rotatable bonds is 4. The second-order valence-electron chi connectivity index (χ2n) is 5.26. The molecule has 1 saturated carbocycles. The molecule has 3 N–H and O–H groups in total. The molecule has 1 unspecified atom stereocenters. The Bertz CT molecular complexity index is 386. The summed E-state index contributed by atoms with van der Waals surface area (Å²) in [7, 11) is 0. The smallest absolute Gasteiger partial charge is 0.0739 e. The number of nitrogens with one attached hydrogen (secondary N) is 1. The number of nitrogens with two attached hydrogens (primary N) is 1. The summed E-state index contributed by atoms with van der Waals surface area (Å²) in [6, 6.07) is 6.33. The van der Waals surface area contributed by atoms with Gasteiger partial charge in [0.05, 0.1) is 16.4 Å². The summed E-state index contributed by atoms with van der Waals surface area (Å²) in [5, 5.41) is 4.24. The van der Waals surface area contributed by atoms with Crippen molar-refractivity contribution >= 4 is 23.0 Å². The molecule has 1 aromatic carbocycles. The maximum Gasteiger partial charge on any atom is 0.0739 e. The molecule has 0 aromatic heterocycles. The van der Waals surface area contributed by atoms with E-state index in [-0.39, 0.29) is 0 Å². The van der Waals surface area contributed by atoms with Gasteiger partial charge in [-0.05, 0) is 37.3 Å². The summed E-state index contributed by atoms with van der Waals surface area (Å²) < 4.78 is 0. The Morgan fingerprint density at radius 2 is 2.06 bits per heavy atom. The third-order valence-corrected chi connectivity index (χ3v) is 4.38. The van der Waals surface area contributed by atoms with E-state index in [0.29, 0.717) is 16.8 Å². The number of halogens is 1. The van der Waals surface area contributed by atoms with Crippen molar-refractivity contribution in [3.05, 3.63) is 23.2 Å². The van der Waals surface area contributed by atoms with E-state index in [1.807, 2.05) is 18.2 Å². The molecule has 1 aliphatic rings. The summed E-state index contributed by atoms with van der Waals surface area (Å²) in [5.41, 5.74) is 7.68. The number of hydrogen-bond donors (Lipinski definition) is 2. The number of hydrogen-bond acceptors (Lipinski definition) is 2. The van der Waals surface area contributed by atoms with Crippen molar-refractivity contribution in [1.29, 1.82) is 0 Å². The minimum atomic E-state index is 0.520. The zero-order valence-electron chi connectivity index (χ0n) is 11.1. The first kappa shape index (κ1) is 13.5. The third kappa shape index (κ3) is 3.11. The Hall–Kier alpha value is -0.890. The Kier molecular flexibility index (Phi) is 4.76. The van der Waals surface area contributed by atoms with E-state index in [4.69, 9.17) is 17.3 Å². The van der Waals surface area contributed by atoms with Gasteiger partial charge in [-0.2, -0.15) is 0 Å². The SMILES string of the molecule is CCC(Nc1cccc(Cl)c1N)C1CCCCC1. The highest BCUT2D eigenvalue weighted by molar-refractivity contribution is 6.33. The molecule has 0 spiro atoms. The van der Waals surface area contributed by atoms with Crippen LogP contribution in [0.2, 0.25) is 5.02 Å². The van der Waals surface area contributed by atoms with Gasteiger partial charge in [0, 0.05) is 6.04 Å². The van der Waals surface area contributed by atoms with Crippen molar-refractivity contribution < 1.29 is 0 Å². The first-order valence-electron chi connectivity index (χ1n) is 7.03. The van der Waals surface area contributed by atoms with Crippen molar-refractivity contribution in [3.63, 3.8) is 0 Å². The van der Waals surface area contributed by atoms with Crippen molar-refractivity contribution in [2.45, 2.75) is 51.5 Å². The van der Waals surface area contributed by atoms with E-state index < -0.39 is 0 Å². The average molecular weight is 267 g/mol. The second kappa shape index (κ2) is 6.33. The van der Waals surface area contributed by atoms with Crippen LogP contribution in [0.1, 0.15) is 45.4 Å². The van der Waals surface area contributed by atoms with Gasteiger partial charge in [-0.25, -0.2) is 0 Å². The second-order valence-corrected chi connectivity index (χ2v) is 5.67. The van der Waals surface area contributed by atoms with Crippen molar-refractivity contribution in [3.8, 4) is 0 Å². The van der Waals surface area contributed by atoms with Crippen LogP contribution in [0.5, 0.6) is 0 Å². The van der Waals surface area contributed by atoms with E-state index in [2.05, 4.69) is 12.2 Å². The van der Waals surface area contributed by atoms with E-state index >= 15 is 0 Å². The molecule has 1 atom stereocenters. The van der Waals surface area contributed by atoms with E-state index in [0.717, 1.165) is 18.0 Å². The minimum Gasteiger partial charge on any atom is -0.396 e. The fourth-order valence-electron chi connectivity index (χ4n) is 2.95. The lowest BCUT2D eigenvalue weighted by Crippen LogP contribution is -2.30. The minimum absolute atomic E-state index is 0.520. The molecule has 2 rings (SSSR count). The predicted octanol–water partition coefficient (Wildman–Crippen LogP) is 4.69. The lowest BCUT2D eigenvalue weighted by Gasteiger charge is -2.31. The summed E-state index contributed by atoms with van der Waals surface area (Å²) in [6.45, 7) is 2.24. The van der Waals surface area contributed by atoms with Gasteiger partial charge in [-0.3, -0.25) is 0 Å². The Balaban J connectivity index is 2.07. The highest BCUT2D eigenvalue weighted by Crippen LogP contribution is 2.32. The van der Waals surface area contributed by atoms with Crippen molar-refractivity contribution in [2.75, 3.05) is 11.1 Å². The number of nitrogen functional groups attached to an aromatic ring is 1. The Morgan fingerprint density at radius 1 is 1.33 bits per heavy atom. The molecule has 0 heterocycles. The highest BCUT2D eigenvalue weighted by Gasteiger charge is 2.22. The molecule has 0 radical (unpaired) electrons. The fraction of sp³-hybridized carbons (Fsp3) is 0.600. The summed E-state index contributed by atoms with van der Waals surface area (Å²) in [6.07, 6.45) is 7.95. The maximum absolute atomic E-state index is 6.06. The molecule has 1 aliphatic carbocycles. The quantitative estimate of drug-likeness (QED) is 0.776. The van der Waals surface area contributed by atoms with E-state index in [1.54, 1.807) is 0 Å². The summed E-state index contributed by atoms with van der Waals surface area (Å²) >= 11 is 6.06. The van der Waals surface area contributed by atoms with Crippen LogP contribution in [0.4, 0.5) is 11.4 Å². The molecule has 0 saturated heterocycles. The molecular formula is C15H23ClN2. The highest BCUT2D eigenvalue weighted by atomic mass is 35.5. The zero-order chi connectivity index (χ0) is 13.0. The van der Waals surface area contributed by atoms with Gasteiger partial charge in [0.15, 0.2) is 0 Å². The van der Waals surface area contributed by atoms with Crippen LogP contribution >= 0.6 is 11.6 Å². The van der Waals surface area contributed by atoms with Crippen LogP contribution in [0.25, 0.3) is 0 Å². The van der Waals surface area contributed by atoms with E-state index in [9.17, 15) is 0 Å². The molecule has 18 heavy (non-hydrogen) atoms. The summed E-state index contributed by atoms with van der Waals surface area (Å²) in [4.78, 5) is 0. The summed E-state index contributed by atoms with van der Waals surface area (Å²) in [5.74, 6) is 0.780. The molecular weight excluding hydrogens is 244 g/mol. The van der Waals surface area contributed by atoms with Gasteiger partial charge in [-0.15, -0.1) is 0 Å². The Morgan fingerprint density at radius 3 is 2.72 bits per heavy atom. The van der Waals surface area contributed by atoms with Crippen LogP contribution in [0.15, 0.2) is 18.2 Å². The topological polar surface area (TPSA) is 38.0 Å². The van der Waals surface area contributed by atoms with Crippen LogP contribution in [-0.2, 0) is 0 Å². The van der Waals surface area contributed by atoms with Crippen LogP contribution < -0.4 is 11.1 Å². The van der Waals surface area contributed by atoms with Crippen LogP contribution in [0, 0.1) is 5.92 Å². The lowest BCUT2D eigenvalue weighted by molar-refractivity contribution is 0.313. The monoisotopic (exact) mass is 266 g/mol. The molecule has 2 nitrogen and oxygen atoms in total. The molecule has 0 aliphatic heterocycles. The number of para-hydroxylation sites is 1. The average Bonchev–Trinajstić information content (AvgIpc) is 2.41.